The molecule has 2 saturated heterocycles. The Labute approximate surface area is 140 Å². The van der Waals surface area contributed by atoms with Gasteiger partial charge in [0.1, 0.15) is 16.6 Å². The van der Waals surface area contributed by atoms with E-state index in [-0.39, 0.29) is 22.0 Å². The number of benzene rings is 1. The van der Waals surface area contributed by atoms with Crippen molar-refractivity contribution in [3.05, 3.63) is 33.5 Å². The van der Waals surface area contributed by atoms with Crippen LogP contribution in [0.4, 0.5) is 0 Å². The van der Waals surface area contributed by atoms with Gasteiger partial charge in [-0.3, -0.25) is 0 Å². The molecule has 1 aromatic heterocycles. The highest BCUT2D eigenvalue weighted by atomic mass is 32.2. The Bertz CT molecular complexity index is 884. The summed E-state index contributed by atoms with van der Waals surface area (Å²) in [6, 6.07) is 10.1. The van der Waals surface area contributed by atoms with Gasteiger partial charge in [-0.2, -0.15) is 5.26 Å². The molecule has 8 heteroatoms. The molecule has 0 amide bonds. The van der Waals surface area contributed by atoms with Crippen LogP contribution >= 0.6 is 34.9 Å². The van der Waals surface area contributed by atoms with Gasteiger partial charge in [0, 0.05) is 10.5 Å². The first-order valence-corrected chi connectivity index (χ1v) is 11.0. The number of nitriles is 1. The topological polar surface area (TPSA) is 70.8 Å². The van der Waals surface area contributed by atoms with Gasteiger partial charge in [0.05, 0.1) is 26.0 Å². The minimum absolute atomic E-state index is 0.0720. The summed E-state index contributed by atoms with van der Waals surface area (Å²) < 4.78 is 25.3. The minimum Gasteiger partial charge on any atom is -0.235 e. The number of para-hydroxylation sites is 1. The quantitative estimate of drug-likeness (QED) is 0.722. The molecule has 22 heavy (non-hydrogen) atoms. The predicted molar refractivity (Wildman–Crippen MR) is 93.6 cm³/mol. The maximum Gasteiger partial charge on any atom is 0.152 e. The van der Waals surface area contributed by atoms with Crippen LogP contribution in [0.5, 0.6) is 0 Å². The van der Waals surface area contributed by atoms with Gasteiger partial charge in [-0.05, 0) is 12.1 Å². The van der Waals surface area contributed by atoms with Crippen molar-refractivity contribution in [1.29, 1.82) is 5.26 Å². The summed E-state index contributed by atoms with van der Waals surface area (Å²) in [6.07, 6.45) is 0. The Kier molecular flexibility index (Phi) is 3.49. The first-order valence-electron chi connectivity index (χ1n) is 6.60. The molecular formula is C14H10N2O2S4. The average Bonchev–Trinajstić information content (AvgIpc) is 3.09. The molecule has 112 valence electrons. The van der Waals surface area contributed by atoms with Gasteiger partial charge in [-0.25, -0.2) is 13.4 Å². The summed E-state index contributed by atoms with van der Waals surface area (Å²) in [6.45, 7) is 0. The van der Waals surface area contributed by atoms with Crippen molar-refractivity contribution in [2.45, 2.75) is 10.5 Å². The van der Waals surface area contributed by atoms with E-state index in [9.17, 15) is 13.7 Å². The molecule has 2 aromatic rings. The summed E-state index contributed by atoms with van der Waals surface area (Å²) in [4.78, 5) is 4.54. The third-order valence-electron chi connectivity index (χ3n) is 3.59. The van der Waals surface area contributed by atoms with E-state index in [4.69, 9.17) is 0 Å². The van der Waals surface area contributed by atoms with Gasteiger partial charge in [0.15, 0.2) is 9.84 Å². The molecule has 0 spiro atoms. The van der Waals surface area contributed by atoms with E-state index in [0.717, 1.165) is 19.5 Å². The highest BCUT2D eigenvalue weighted by Crippen LogP contribution is 2.53. The van der Waals surface area contributed by atoms with E-state index < -0.39 is 9.84 Å². The molecule has 2 unspecified atom stereocenters. The van der Waals surface area contributed by atoms with Crippen LogP contribution in [0.15, 0.2) is 28.5 Å². The SMILES string of the molecule is N#CC(=C1SC2CS(=O)(=O)CC2S1)c1nc2ccccc2s1. The lowest BCUT2D eigenvalue weighted by Crippen LogP contribution is -2.10. The molecule has 0 saturated carbocycles. The molecule has 2 fully saturated rings. The summed E-state index contributed by atoms with van der Waals surface area (Å²) in [5.41, 5.74) is 1.48. The fourth-order valence-corrected chi connectivity index (χ4v) is 10.2. The van der Waals surface area contributed by atoms with Crippen LogP contribution in [0.1, 0.15) is 5.01 Å². The monoisotopic (exact) mass is 366 g/mol. The number of fused-ring (bicyclic) bond motifs is 2. The van der Waals surface area contributed by atoms with Gasteiger partial charge in [-0.1, -0.05) is 12.1 Å². The van der Waals surface area contributed by atoms with Gasteiger partial charge in [0.2, 0.25) is 0 Å². The third kappa shape index (κ3) is 2.46. The number of hydrogen-bond donors (Lipinski definition) is 0. The van der Waals surface area contributed by atoms with Crippen LogP contribution in [-0.2, 0) is 9.84 Å². The summed E-state index contributed by atoms with van der Waals surface area (Å²) >= 11 is 4.57. The smallest absolute Gasteiger partial charge is 0.152 e. The molecule has 4 rings (SSSR count). The number of rotatable bonds is 1. The van der Waals surface area contributed by atoms with Crippen LogP contribution in [0, 0.1) is 11.3 Å². The molecular weight excluding hydrogens is 356 g/mol. The molecule has 0 N–H and O–H groups in total. The van der Waals surface area contributed by atoms with E-state index in [0.29, 0.717) is 5.57 Å². The van der Waals surface area contributed by atoms with E-state index in [1.165, 1.54) is 34.9 Å². The highest BCUT2D eigenvalue weighted by molar-refractivity contribution is 8.27. The molecule has 1 aromatic carbocycles. The lowest BCUT2D eigenvalue weighted by Gasteiger charge is -2.01. The van der Waals surface area contributed by atoms with Gasteiger partial charge < -0.3 is 0 Å². The lowest BCUT2D eigenvalue weighted by atomic mass is 10.3. The summed E-state index contributed by atoms with van der Waals surface area (Å²) in [7, 11) is -2.91. The Hall–Kier alpha value is -1.01. The molecule has 2 aliphatic rings. The van der Waals surface area contributed by atoms with Crippen molar-refractivity contribution in [2.24, 2.45) is 0 Å². The Morgan fingerprint density at radius 3 is 2.55 bits per heavy atom. The van der Waals surface area contributed by atoms with Gasteiger partial charge in [0.25, 0.3) is 0 Å². The minimum atomic E-state index is -2.91. The second kappa shape index (κ2) is 5.27. The van der Waals surface area contributed by atoms with E-state index in [1.807, 2.05) is 24.3 Å². The second-order valence-corrected chi connectivity index (χ2v) is 11.1. The maximum atomic E-state index is 11.7. The van der Waals surface area contributed by atoms with Crippen molar-refractivity contribution >= 4 is 60.5 Å². The Morgan fingerprint density at radius 2 is 1.91 bits per heavy atom. The number of nitrogens with zero attached hydrogens (tertiary/aromatic N) is 2. The van der Waals surface area contributed by atoms with E-state index in [1.54, 1.807) is 0 Å². The normalized spacial score (nSPS) is 26.0. The van der Waals surface area contributed by atoms with Crippen LogP contribution in [-0.4, -0.2) is 35.4 Å². The van der Waals surface area contributed by atoms with Crippen LogP contribution < -0.4 is 0 Å². The van der Waals surface area contributed by atoms with Crippen LogP contribution in [0.3, 0.4) is 0 Å². The van der Waals surface area contributed by atoms with Crippen molar-refractivity contribution in [3.8, 4) is 6.07 Å². The predicted octanol–water partition coefficient (Wildman–Crippen LogP) is 3.13. The molecule has 0 bridgehead atoms. The Balaban J connectivity index is 1.73. The number of hydrogen-bond acceptors (Lipinski definition) is 7. The highest BCUT2D eigenvalue weighted by Gasteiger charge is 2.45. The number of allylic oxidation sites excluding steroid dienone is 1. The lowest BCUT2D eigenvalue weighted by molar-refractivity contribution is 0.602. The molecule has 2 atom stereocenters. The zero-order chi connectivity index (χ0) is 15.3. The average molecular weight is 367 g/mol. The van der Waals surface area contributed by atoms with E-state index >= 15 is 0 Å². The van der Waals surface area contributed by atoms with Crippen molar-refractivity contribution in [1.82, 2.24) is 4.98 Å². The van der Waals surface area contributed by atoms with Gasteiger partial charge in [-0.15, -0.1) is 34.9 Å². The zero-order valence-corrected chi connectivity index (χ0v) is 14.5. The van der Waals surface area contributed by atoms with Crippen molar-refractivity contribution in [2.75, 3.05) is 11.5 Å². The third-order valence-corrected chi connectivity index (χ3v) is 9.98. The first kappa shape index (κ1) is 14.6. The van der Waals surface area contributed by atoms with Crippen LogP contribution in [0.2, 0.25) is 0 Å². The number of sulfone groups is 1. The summed E-state index contributed by atoms with van der Waals surface area (Å²) in [5, 5.41) is 10.4. The van der Waals surface area contributed by atoms with Gasteiger partial charge >= 0.3 is 0 Å². The molecule has 4 nitrogen and oxygen atoms in total. The molecule has 3 heterocycles. The van der Waals surface area contributed by atoms with E-state index in [2.05, 4.69) is 11.1 Å². The number of thioether (sulfide) groups is 2. The Morgan fingerprint density at radius 1 is 1.23 bits per heavy atom. The fraction of sp³-hybridized carbons (Fsp3) is 0.286. The van der Waals surface area contributed by atoms with Crippen molar-refractivity contribution in [3.63, 3.8) is 0 Å². The van der Waals surface area contributed by atoms with Crippen LogP contribution in [0.25, 0.3) is 15.8 Å². The maximum absolute atomic E-state index is 11.7. The molecule has 0 radical (unpaired) electrons. The standard InChI is InChI=1S/C14H10N2O2S4/c15-5-8(13-16-9-3-1-2-4-10(9)19-13)14-20-11-6-22(17,18)7-12(11)21-14/h1-4,11-12H,6-7H2. The first-order chi connectivity index (χ1) is 10.6. The number of thiazole rings is 1. The van der Waals surface area contributed by atoms with Crippen molar-refractivity contribution < 1.29 is 8.42 Å². The summed E-state index contributed by atoms with van der Waals surface area (Å²) in [5.74, 6) is 0.439. The number of aromatic nitrogens is 1. The molecule has 0 aliphatic carbocycles. The second-order valence-electron chi connectivity index (χ2n) is 5.15. The zero-order valence-electron chi connectivity index (χ0n) is 11.2. The largest absolute Gasteiger partial charge is 0.235 e. The molecule has 2 aliphatic heterocycles. The fourth-order valence-electron chi connectivity index (χ4n) is 2.58.